The predicted molar refractivity (Wildman–Crippen MR) is 93.9 cm³/mol. The fourth-order valence-corrected chi connectivity index (χ4v) is 2.52. The molecular weight excluding hydrogens is 310 g/mol. The van der Waals surface area contributed by atoms with E-state index in [4.69, 9.17) is 0 Å². The van der Waals surface area contributed by atoms with E-state index in [0.717, 1.165) is 5.56 Å². The third kappa shape index (κ3) is 4.86. The Kier molecular flexibility index (Phi) is 6.23. The van der Waals surface area contributed by atoms with Crippen molar-refractivity contribution in [2.75, 3.05) is 18.2 Å². The van der Waals surface area contributed by atoms with E-state index in [0.29, 0.717) is 23.4 Å². The summed E-state index contributed by atoms with van der Waals surface area (Å²) in [5.74, 6) is -0.359. The van der Waals surface area contributed by atoms with E-state index >= 15 is 0 Å². The Bertz CT molecular complexity index is 673. The summed E-state index contributed by atoms with van der Waals surface area (Å²) in [5, 5.41) is 2.84. The summed E-state index contributed by atoms with van der Waals surface area (Å²) >= 11 is 4.28. The van der Waals surface area contributed by atoms with Gasteiger partial charge in [0.05, 0.1) is 18.6 Å². The number of anilines is 1. The molecule has 1 N–H and O–H groups in total. The summed E-state index contributed by atoms with van der Waals surface area (Å²) in [7, 11) is 1.32. The highest BCUT2D eigenvalue weighted by Crippen LogP contribution is 2.16. The molecule has 0 aromatic heterocycles. The maximum absolute atomic E-state index is 12.4. The second-order valence-electron chi connectivity index (χ2n) is 5.13. The second kappa shape index (κ2) is 8.39. The molecular formula is C18H19NO3S. The standard InChI is InChI=1S/C18H19NO3S/c1-22-18(21)14-8-5-9-16(11-14)19-17(20)15(12-23)10-13-6-3-2-4-7-13/h2-9,11,15,23H,10,12H2,1H3,(H,19,20). The molecule has 1 atom stereocenters. The zero-order chi connectivity index (χ0) is 16.7. The first-order chi connectivity index (χ1) is 11.1. The molecule has 0 saturated carbocycles. The van der Waals surface area contributed by atoms with Gasteiger partial charge >= 0.3 is 5.97 Å². The number of methoxy groups -OCH3 is 1. The van der Waals surface area contributed by atoms with Crippen molar-refractivity contribution in [3.05, 3.63) is 65.7 Å². The quantitative estimate of drug-likeness (QED) is 0.632. The number of ether oxygens (including phenoxy) is 1. The summed E-state index contributed by atoms with van der Waals surface area (Å²) in [6, 6.07) is 16.5. The lowest BCUT2D eigenvalue weighted by Crippen LogP contribution is -2.26. The summed E-state index contributed by atoms with van der Waals surface area (Å²) in [6.45, 7) is 0. The molecule has 0 radical (unpaired) electrons. The van der Waals surface area contributed by atoms with Crippen LogP contribution in [0.25, 0.3) is 0 Å². The molecule has 0 bridgehead atoms. The first-order valence-corrected chi connectivity index (χ1v) is 7.91. The molecule has 5 heteroatoms. The number of rotatable bonds is 6. The van der Waals surface area contributed by atoms with E-state index in [-0.39, 0.29) is 11.8 Å². The number of amides is 1. The van der Waals surface area contributed by atoms with Gasteiger partial charge in [0, 0.05) is 11.4 Å². The number of benzene rings is 2. The maximum atomic E-state index is 12.4. The Morgan fingerprint density at radius 3 is 2.52 bits per heavy atom. The smallest absolute Gasteiger partial charge is 0.337 e. The fourth-order valence-electron chi connectivity index (χ4n) is 2.22. The molecule has 4 nitrogen and oxygen atoms in total. The molecule has 120 valence electrons. The molecule has 0 fully saturated rings. The number of carbonyl (C=O) groups is 2. The zero-order valence-corrected chi connectivity index (χ0v) is 13.8. The van der Waals surface area contributed by atoms with E-state index in [9.17, 15) is 9.59 Å². The fraction of sp³-hybridized carbons (Fsp3) is 0.222. The van der Waals surface area contributed by atoms with Crippen molar-refractivity contribution in [3.63, 3.8) is 0 Å². The minimum Gasteiger partial charge on any atom is -0.465 e. The van der Waals surface area contributed by atoms with Crippen LogP contribution in [0.2, 0.25) is 0 Å². The molecule has 23 heavy (non-hydrogen) atoms. The number of hydrogen-bond acceptors (Lipinski definition) is 4. The largest absolute Gasteiger partial charge is 0.465 e. The highest BCUT2D eigenvalue weighted by Gasteiger charge is 2.18. The van der Waals surface area contributed by atoms with Gasteiger partial charge in [-0.25, -0.2) is 4.79 Å². The second-order valence-corrected chi connectivity index (χ2v) is 5.50. The Morgan fingerprint density at radius 2 is 1.87 bits per heavy atom. The number of thiol groups is 1. The van der Waals surface area contributed by atoms with Crippen LogP contribution in [0, 0.1) is 5.92 Å². The number of carbonyl (C=O) groups excluding carboxylic acids is 2. The first-order valence-electron chi connectivity index (χ1n) is 7.28. The van der Waals surface area contributed by atoms with Crippen molar-refractivity contribution < 1.29 is 14.3 Å². The van der Waals surface area contributed by atoms with E-state index in [1.165, 1.54) is 7.11 Å². The van der Waals surface area contributed by atoms with Crippen molar-refractivity contribution in [1.29, 1.82) is 0 Å². The number of esters is 1. The lowest BCUT2D eigenvalue weighted by Gasteiger charge is -2.15. The molecule has 0 saturated heterocycles. The van der Waals surface area contributed by atoms with E-state index < -0.39 is 5.97 Å². The maximum Gasteiger partial charge on any atom is 0.337 e. The molecule has 2 aromatic carbocycles. The van der Waals surface area contributed by atoms with Gasteiger partial charge in [-0.15, -0.1) is 0 Å². The first kappa shape index (κ1) is 17.1. The molecule has 1 unspecified atom stereocenters. The van der Waals surface area contributed by atoms with E-state index in [1.54, 1.807) is 24.3 Å². The molecule has 1 amide bonds. The van der Waals surface area contributed by atoms with Gasteiger partial charge in [0.1, 0.15) is 0 Å². The summed E-state index contributed by atoms with van der Waals surface area (Å²) in [6.07, 6.45) is 0.618. The van der Waals surface area contributed by atoms with Gasteiger partial charge in [0.2, 0.25) is 5.91 Å². The normalized spacial score (nSPS) is 11.6. The summed E-state index contributed by atoms with van der Waals surface area (Å²) in [4.78, 5) is 24.0. The monoisotopic (exact) mass is 329 g/mol. The molecule has 0 aliphatic rings. The van der Waals surface area contributed by atoms with Crippen molar-refractivity contribution in [2.45, 2.75) is 6.42 Å². The predicted octanol–water partition coefficient (Wildman–Crippen LogP) is 3.20. The van der Waals surface area contributed by atoms with E-state index in [2.05, 4.69) is 22.7 Å². The van der Waals surface area contributed by atoms with Gasteiger partial charge in [-0.2, -0.15) is 12.6 Å². The Balaban J connectivity index is 2.06. The van der Waals surface area contributed by atoms with Gasteiger partial charge in [0.25, 0.3) is 0 Å². The average Bonchev–Trinajstić information content (AvgIpc) is 2.60. The molecule has 2 aromatic rings. The molecule has 0 heterocycles. The number of hydrogen-bond donors (Lipinski definition) is 2. The van der Waals surface area contributed by atoms with Gasteiger partial charge in [0.15, 0.2) is 0 Å². The summed E-state index contributed by atoms with van der Waals surface area (Å²) < 4.78 is 4.68. The van der Waals surface area contributed by atoms with Crippen LogP contribution >= 0.6 is 12.6 Å². The topological polar surface area (TPSA) is 55.4 Å². The minimum absolute atomic E-state index is 0.120. The number of nitrogens with one attached hydrogen (secondary N) is 1. The highest BCUT2D eigenvalue weighted by atomic mass is 32.1. The van der Waals surface area contributed by atoms with Gasteiger partial charge in [-0.05, 0) is 30.2 Å². The highest BCUT2D eigenvalue weighted by molar-refractivity contribution is 7.80. The van der Waals surface area contributed by atoms with Crippen LogP contribution in [0.5, 0.6) is 0 Å². The van der Waals surface area contributed by atoms with Crippen LogP contribution in [0.3, 0.4) is 0 Å². The van der Waals surface area contributed by atoms with Crippen LogP contribution in [-0.4, -0.2) is 24.7 Å². The molecule has 0 aliphatic carbocycles. The Hall–Kier alpha value is -2.27. The van der Waals surface area contributed by atoms with Crippen molar-refractivity contribution in [2.24, 2.45) is 5.92 Å². The van der Waals surface area contributed by atoms with Crippen LogP contribution < -0.4 is 5.32 Å². The minimum atomic E-state index is -0.434. The van der Waals surface area contributed by atoms with Crippen LogP contribution in [0.1, 0.15) is 15.9 Å². The molecule has 0 spiro atoms. The van der Waals surface area contributed by atoms with Crippen molar-refractivity contribution in [1.82, 2.24) is 0 Å². The van der Waals surface area contributed by atoms with E-state index in [1.807, 2.05) is 30.3 Å². The van der Waals surface area contributed by atoms with Crippen LogP contribution in [-0.2, 0) is 16.0 Å². The van der Waals surface area contributed by atoms with Crippen LogP contribution in [0.15, 0.2) is 54.6 Å². The SMILES string of the molecule is COC(=O)c1cccc(NC(=O)C(CS)Cc2ccccc2)c1. The van der Waals surface area contributed by atoms with Gasteiger partial charge < -0.3 is 10.1 Å². The zero-order valence-electron chi connectivity index (χ0n) is 12.9. The average molecular weight is 329 g/mol. The van der Waals surface area contributed by atoms with Crippen LogP contribution in [0.4, 0.5) is 5.69 Å². The Labute approximate surface area is 141 Å². The van der Waals surface area contributed by atoms with Gasteiger partial charge in [-0.3, -0.25) is 4.79 Å². The lowest BCUT2D eigenvalue weighted by molar-refractivity contribution is -0.119. The Morgan fingerprint density at radius 1 is 1.13 bits per heavy atom. The third-order valence-corrected chi connectivity index (χ3v) is 3.91. The third-order valence-electron chi connectivity index (χ3n) is 3.47. The molecule has 2 rings (SSSR count). The van der Waals surface area contributed by atoms with Gasteiger partial charge in [-0.1, -0.05) is 36.4 Å². The molecule has 0 aliphatic heterocycles. The van der Waals surface area contributed by atoms with Crippen molar-refractivity contribution in [3.8, 4) is 0 Å². The lowest BCUT2D eigenvalue weighted by atomic mass is 10.00. The van der Waals surface area contributed by atoms with Crippen molar-refractivity contribution >= 4 is 30.2 Å². The summed E-state index contributed by atoms with van der Waals surface area (Å²) in [5.41, 5.74) is 2.05.